The van der Waals surface area contributed by atoms with Crippen molar-refractivity contribution in [2.45, 2.75) is 37.6 Å². The summed E-state index contributed by atoms with van der Waals surface area (Å²) in [5, 5.41) is 17.3. The Kier molecular flexibility index (Phi) is 6.50. The lowest BCUT2D eigenvalue weighted by Crippen LogP contribution is -2.61. The molecule has 2 aliphatic rings. The SMILES string of the molecule is N#Cc1nccnc1-n1cc(C(=O)NCC2(N3CCNCC3)CCCCC2)c2c(Cl)cccc21. The van der Waals surface area contributed by atoms with Crippen molar-refractivity contribution in [1.82, 2.24) is 30.1 Å². The van der Waals surface area contributed by atoms with E-state index in [1.807, 2.05) is 12.1 Å². The van der Waals surface area contributed by atoms with E-state index in [2.05, 4.69) is 31.6 Å². The quantitative estimate of drug-likeness (QED) is 0.585. The van der Waals surface area contributed by atoms with Gasteiger partial charge in [0, 0.05) is 62.2 Å². The van der Waals surface area contributed by atoms with Gasteiger partial charge in [0.05, 0.1) is 16.1 Å². The smallest absolute Gasteiger partial charge is 0.253 e. The van der Waals surface area contributed by atoms with E-state index >= 15 is 0 Å². The van der Waals surface area contributed by atoms with Crippen molar-refractivity contribution >= 4 is 28.4 Å². The van der Waals surface area contributed by atoms with Gasteiger partial charge in [-0.3, -0.25) is 14.3 Å². The number of hydrogen-bond acceptors (Lipinski definition) is 6. The highest BCUT2D eigenvalue weighted by Gasteiger charge is 2.38. The standard InChI is InChI=1S/C25H28ClN7O/c26-19-5-4-6-21-22(19)18(16-33(21)23-20(15-27)29-9-10-30-23)24(34)31-17-25(7-2-1-3-8-25)32-13-11-28-12-14-32/h4-6,9-10,16,28H,1-3,7-8,11-14,17H2,(H,31,34). The number of aromatic nitrogens is 3. The molecule has 1 aliphatic heterocycles. The molecule has 34 heavy (non-hydrogen) atoms. The van der Waals surface area contributed by atoms with Crippen LogP contribution in [0.5, 0.6) is 0 Å². The maximum absolute atomic E-state index is 13.6. The monoisotopic (exact) mass is 477 g/mol. The summed E-state index contributed by atoms with van der Waals surface area (Å²) in [5.41, 5.74) is 1.37. The van der Waals surface area contributed by atoms with E-state index < -0.39 is 0 Å². The summed E-state index contributed by atoms with van der Waals surface area (Å²) in [6.07, 6.45) is 10.6. The van der Waals surface area contributed by atoms with Gasteiger partial charge in [-0.2, -0.15) is 5.26 Å². The number of nitrogens with one attached hydrogen (secondary N) is 2. The van der Waals surface area contributed by atoms with Crippen molar-refractivity contribution in [3.8, 4) is 11.9 Å². The third kappa shape index (κ3) is 4.16. The van der Waals surface area contributed by atoms with E-state index in [4.69, 9.17) is 11.6 Å². The highest BCUT2D eigenvalue weighted by Crippen LogP contribution is 2.34. The lowest BCUT2D eigenvalue weighted by atomic mass is 9.79. The number of rotatable bonds is 5. The first-order valence-electron chi connectivity index (χ1n) is 11.9. The summed E-state index contributed by atoms with van der Waals surface area (Å²) < 4.78 is 1.73. The van der Waals surface area contributed by atoms with Crippen LogP contribution in [0.15, 0.2) is 36.8 Å². The Morgan fingerprint density at radius 2 is 1.94 bits per heavy atom. The van der Waals surface area contributed by atoms with Gasteiger partial charge in [-0.05, 0) is 25.0 Å². The summed E-state index contributed by atoms with van der Waals surface area (Å²) >= 11 is 6.57. The molecule has 5 rings (SSSR count). The van der Waals surface area contributed by atoms with Crippen molar-refractivity contribution in [3.63, 3.8) is 0 Å². The zero-order chi connectivity index (χ0) is 23.5. The molecule has 1 saturated heterocycles. The largest absolute Gasteiger partial charge is 0.350 e. The number of piperazine rings is 1. The van der Waals surface area contributed by atoms with Crippen molar-refractivity contribution in [1.29, 1.82) is 5.26 Å². The topological polar surface area (TPSA) is 98.9 Å². The second kappa shape index (κ2) is 9.71. The molecule has 176 valence electrons. The average Bonchev–Trinajstić information content (AvgIpc) is 3.29. The number of benzene rings is 1. The summed E-state index contributed by atoms with van der Waals surface area (Å²) in [6, 6.07) is 7.56. The van der Waals surface area contributed by atoms with E-state index in [0.29, 0.717) is 33.9 Å². The highest BCUT2D eigenvalue weighted by atomic mass is 35.5. The Balaban J connectivity index is 1.48. The molecule has 3 aromatic rings. The summed E-state index contributed by atoms with van der Waals surface area (Å²) in [4.78, 5) is 24.6. The zero-order valence-electron chi connectivity index (χ0n) is 19.1. The van der Waals surface area contributed by atoms with Gasteiger partial charge in [-0.25, -0.2) is 9.97 Å². The second-order valence-corrected chi connectivity index (χ2v) is 9.50. The van der Waals surface area contributed by atoms with E-state index in [0.717, 1.165) is 39.0 Å². The van der Waals surface area contributed by atoms with Crippen molar-refractivity contribution in [2.24, 2.45) is 0 Å². The van der Waals surface area contributed by atoms with Crippen LogP contribution in [-0.4, -0.2) is 63.6 Å². The number of nitrogens with zero attached hydrogens (tertiary/aromatic N) is 5. The normalized spacial score (nSPS) is 18.5. The third-order valence-corrected chi connectivity index (χ3v) is 7.50. The lowest BCUT2D eigenvalue weighted by molar-refractivity contribution is 0.0379. The predicted octanol–water partition coefficient (Wildman–Crippen LogP) is 3.28. The van der Waals surface area contributed by atoms with Crippen LogP contribution >= 0.6 is 11.6 Å². The molecule has 0 atom stereocenters. The van der Waals surface area contributed by atoms with E-state index in [9.17, 15) is 10.1 Å². The van der Waals surface area contributed by atoms with E-state index in [1.165, 1.54) is 31.7 Å². The van der Waals surface area contributed by atoms with Crippen LogP contribution in [0.4, 0.5) is 0 Å². The number of nitriles is 1. The van der Waals surface area contributed by atoms with Crippen LogP contribution in [0.3, 0.4) is 0 Å². The van der Waals surface area contributed by atoms with Crippen molar-refractivity contribution in [3.05, 3.63) is 53.1 Å². The van der Waals surface area contributed by atoms with Gasteiger partial charge in [0.15, 0.2) is 11.5 Å². The minimum Gasteiger partial charge on any atom is -0.350 e. The average molecular weight is 478 g/mol. The molecule has 1 aliphatic carbocycles. The Hall–Kier alpha value is -2.99. The fraction of sp³-hybridized carbons (Fsp3) is 0.440. The van der Waals surface area contributed by atoms with Crippen LogP contribution < -0.4 is 10.6 Å². The van der Waals surface area contributed by atoms with Crippen LogP contribution in [-0.2, 0) is 0 Å². The Labute approximate surface area is 203 Å². The van der Waals surface area contributed by atoms with Gasteiger partial charge >= 0.3 is 0 Å². The molecule has 2 aromatic heterocycles. The third-order valence-electron chi connectivity index (χ3n) is 7.19. The fourth-order valence-electron chi connectivity index (χ4n) is 5.47. The number of halogens is 1. The Morgan fingerprint density at radius 3 is 2.71 bits per heavy atom. The number of amides is 1. The summed E-state index contributed by atoms with van der Waals surface area (Å²) in [7, 11) is 0. The lowest BCUT2D eigenvalue weighted by Gasteiger charge is -2.48. The highest BCUT2D eigenvalue weighted by molar-refractivity contribution is 6.37. The van der Waals surface area contributed by atoms with Crippen LogP contribution in [0.2, 0.25) is 5.02 Å². The molecule has 9 heteroatoms. The molecule has 3 heterocycles. The molecule has 0 spiro atoms. The minimum atomic E-state index is -0.167. The Morgan fingerprint density at radius 1 is 1.18 bits per heavy atom. The van der Waals surface area contributed by atoms with Crippen molar-refractivity contribution in [2.75, 3.05) is 32.7 Å². The van der Waals surface area contributed by atoms with Crippen LogP contribution in [0.1, 0.15) is 48.2 Å². The molecular formula is C25H28ClN7O. The molecule has 0 bridgehead atoms. The molecule has 8 nitrogen and oxygen atoms in total. The second-order valence-electron chi connectivity index (χ2n) is 9.09. The Bertz CT molecular complexity index is 1240. The first-order valence-corrected chi connectivity index (χ1v) is 12.3. The number of hydrogen-bond donors (Lipinski definition) is 2. The summed E-state index contributed by atoms with van der Waals surface area (Å²) in [6.45, 7) is 4.59. The maximum atomic E-state index is 13.6. The van der Waals surface area contributed by atoms with Gasteiger partial charge in [0.25, 0.3) is 5.91 Å². The number of carbonyl (C=O) groups excluding carboxylic acids is 1. The first-order chi connectivity index (χ1) is 16.6. The van der Waals surface area contributed by atoms with Crippen LogP contribution in [0.25, 0.3) is 16.7 Å². The van der Waals surface area contributed by atoms with Gasteiger partial charge in [0.1, 0.15) is 6.07 Å². The fourth-order valence-corrected chi connectivity index (χ4v) is 5.74. The number of fused-ring (bicyclic) bond motifs is 1. The number of carbonyl (C=O) groups is 1. The minimum absolute atomic E-state index is 0.00292. The van der Waals surface area contributed by atoms with Gasteiger partial charge in [-0.1, -0.05) is 36.9 Å². The predicted molar refractivity (Wildman–Crippen MR) is 131 cm³/mol. The van der Waals surface area contributed by atoms with Gasteiger partial charge < -0.3 is 10.6 Å². The molecule has 2 fully saturated rings. The van der Waals surface area contributed by atoms with Gasteiger partial charge in [-0.15, -0.1) is 0 Å². The summed E-state index contributed by atoms with van der Waals surface area (Å²) in [5.74, 6) is 0.209. The van der Waals surface area contributed by atoms with E-state index in [-0.39, 0.29) is 17.1 Å². The zero-order valence-corrected chi connectivity index (χ0v) is 19.8. The molecule has 1 aromatic carbocycles. The first kappa shape index (κ1) is 22.8. The van der Waals surface area contributed by atoms with Crippen molar-refractivity contribution < 1.29 is 4.79 Å². The maximum Gasteiger partial charge on any atom is 0.253 e. The van der Waals surface area contributed by atoms with Crippen LogP contribution in [0, 0.1) is 11.3 Å². The van der Waals surface area contributed by atoms with Gasteiger partial charge in [0.2, 0.25) is 0 Å². The van der Waals surface area contributed by atoms with E-state index in [1.54, 1.807) is 16.8 Å². The molecule has 1 saturated carbocycles. The molecule has 0 radical (unpaired) electrons. The molecule has 0 unspecified atom stereocenters. The molecule has 1 amide bonds. The molecular weight excluding hydrogens is 450 g/mol. The molecule has 2 N–H and O–H groups in total.